The van der Waals surface area contributed by atoms with E-state index < -0.39 is 0 Å². The van der Waals surface area contributed by atoms with Gasteiger partial charge in [0.25, 0.3) is 0 Å². The number of nitrogens with zero attached hydrogens (tertiary/aromatic N) is 2. The van der Waals surface area contributed by atoms with E-state index in [9.17, 15) is 4.79 Å². The molecule has 1 aliphatic heterocycles. The van der Waals surface area contributed by atoms with Crippen LogP contribution in [0.25, 0.3) is 0 Å². The normalized spacial score (nSPS) is 25.5. The maximum atomic E-state index is 11.4. The molecule has 0 aliphatic carbocycles. The van der Waals surface area contributed by atoms with Gasteiger partial charge in [-0.25, -0.2) is 0 Å². The molecule has 3 heteroatoms. The number of rotatable bonds is 0. The number of likely N-dealkylation sites (tertiary alicyclic amines) is 1. The van der Waals surface area contributed by atoms with Crippen molar-refractivity contribution in [2.24, 2.45) is 0 Å². The van der Waals surface area contributed by atoms with Crippen LogP contribution in [0.15, 0.2) is 0 Å². The number of hydrogen-bond acceptors (Lipinski definition) is 3. The Morgan fingerprint density at radius 3 is 1.92 bits per heavy atom. The van der Waals surface area contributed by atoms with Gasteiger partial charge in [0.1, 0.15) is 5.78 Å². The molecule has 0 aromatic carbocycles. The summed E-state index contributed by atoms with van der Waals surface area (Å²) >= 11 is 0. The summed E-state index contributed by atoms with van der Waals surface area (Å²) in [6.45, 7) is 7.76. The fourth-order valence-corrected chi connectivity index (χ4v) is 2.28. The first-order chi connectivity index (χ1) is 5.79. The van der Waals surface area contributed by atoms with Crippen LogP contribution in [-0.4, -0.2) is 21.8 Å². The van der Waals surface area contributed by atoms with Crippen LogP contribution < -0.4 is 0 Å². The first kappa shape index (κ1) is 10.0. The molecule has 0 saturated carbocycles. The van der Waals surface area contributed by atoms with Crippen molar-refractivity contribution in [2.75, 3.05) is 0 Å². The average molecular weight is 180 g/mol. The number of Topliss-reactive ketones (excluding diaryl/α,β-unsaturated/α-hetero) is 1. The number of nitriles is 1. The van der Waals surface area contributed by atoms with Crippen LogP contribution in [0, 0.1) is 11.5 Å². The van der Waals surface area contributed by atoms with E-state index in [0.717, 1.165) is 0 Å². The van der Waals surface area contributed by atoms with Crippen molar-refractivity contribution in [3.05, 3.63) is 0 Å². The van der Waals surface area contributed by atoms with Crippen molar-refractivity contribution in [1.82, 2.24) is 4.90 Å². The van der Waals surface area contributed by atoms with Crippen molar-refractivity contribution in [3.63, 3.8) is 0 Å². The van der Waals surface area contributed by atoms with Gasteiger partial charge < -0.3 is 0 Å². The van der Waals surface area contributed by atoms with E-state index in [1.165, 1.54) is 0 Å². The highest BCUT2D eigenvalue weighted by molar-refractivity contribution is 5.81. The van der Waals surface area contributed by atoms with E-state index >= 15 is 0 Å². The van der Waals surface area contributed by atoms with Crippen LogP contribution >= 0.6 is 0 Å². The van der Waals surface area contributed by atoms with Gasteiger partial charge in [0, 0.05) is 12.8 Å². The van der Waals surface area contributed by atoms with E-state index in [-0.39, 0.29) is 16.9 Å². The standard InChI is InChI=1S/C10H16N2O/c1-9(2)5-8(13)6-10(3,4)12(9)7-11/h5-6H2,1-4H3. The van der Waals surface area contributed by atoms with E-state index in [0.29, 0.717) is 12.8 Å². The quantitative estimate of drug-likeness (QED) is 0.533. The van der Waals surface area contributed by atoms with Crippen molar-refractivity contribution in [3.8, 4) is 6.19 Å². The summed E-state index contributed by atoms with van der Waals surface area (Å²) in [6, 6.07) is 0. The van der Waals surface area contributed by atoms with Gasteiger partial charge in [-0.2, -0.15) is 5.26 Å². The van der Waals surface area contributed by atoms with Gasteiger partial charge in [0.15, 0.2) is 6.19 Å². The molecule has 1 fully saturated rings. The number of hydrogen-bond donors (Lipinski definition) is 0. The molecule has 1 heterocycles. The van der Waals surface area contributed by atoms with Crippen molar-refractivity contribution < 1.29 is 4.79 Å². The van der Waals surface area contributed by atoms with Crippen molar-refractivity contribution in [2.45, 2.75) is 51.6 Å². The monoisotopic (exact) mass is 180 g/mol. The molecule has 0 atom stereocenters. The van der Waals surface area contributed by atoms with Gasteiger partial charge in [-0.3, -0.25) is 9.69 Å². The Bertz CT molecular complexity index is 253. The summed E-state index contributed by atoms with van der Waals surface area (Å²) in [4.78, 5) is 13.2. The summed E-state index contributed by atoms with van der Waals surface area (Å²) < 4.78 is 0. The van der Waals surface area contributed by atoms with Crippen LogP contribution in [0.5, 0.6) is 0 Å². The highest BCUT2D eigenvalue weighted by atomic mass is 16.1. The SMILES string of the molecule is CC1(C)CC(=O)CC(C)(C)N1C#N. The second-order valence-corrected chi connectivity index (χ2v) is 4.95. The third-order valence-electron chi connectivity index (χ3n) is 2.57. The third kappa shape index (κ3) is 1.67. The molecule has 0 amide bonds. The molecule has 0 aromatic rings. The average Bonchev–Trinajstić information content (AvgIpc) is 1.79. The van der Waals surface area contributed by atoms with E-state index in [4.69, 9.17) is 5.26 Å². The summed E-state index contributed by atoms with van der Waals surface area (Å²) in [7, 11) is 0. The van der Waals surface area contributed by atoms with Gasteiger partial charge >= 0.3 is 0 Å². The smallest absolute Gasteiger partial charge is 0.180 e. The molecule has 13 heavy (non-hydrogen) atoms. The van der Waals surface area contributed by atoms with Crippen LogP contribution in [0.3, 0.4) is 0 Å². The predicted octanol–water partition coefficient (Wildman–Crippen LogP) is 1.69. The molecular weight excluding hydrogens is 164 g/mol. The number of ketones is 1. The maximum absolute atomic E-state index is 11.4. The minimum atomic E-state index is -0.326. The second kappa shape index (κ2) is 2.73. The Morgan fingerprint density at radius 2 is 1.62 bits per heavy atom. The molecule has 0 bridgehead atoms. The largest absolute Gasteiger partial charge is 0.300 e. The number of piperidine rings is 1. The molecule has 1 rings (SSSR count). The zero-order valence-electron chi connectivity index (χ0n) is 8.72. The summed E-state index contributed by atoms with van der Waals surface area (Å²) in [5, 5.41) is 9.01. The predicted molar refractivity (Wildman–Crippen MR) is 49.9 cm³/mol. The maximum Gasteiger partial charge on any atom is 0.180 e. The number of carbonyl (C=O) groups is 1. The lowest BCUT2D eigenvalue weighted by atomic mass is 9.80. The summed E-state index contributed by atoms with van der Waals surface area (Å²) in [5.74, 6) is 0.251. The zero-order valence-corrected chi connectivity index (χ0v) is 8.72. The minimum Gasteiger partial charge on any atom is -0.300 e. The molecule has 0 aromatic heterocycles. The van der Waals surface area contributed by atoms with E-state index in [2.05, 4.69) is 6.19 Å². The molecule has 0 spiro atoms. The Kier molecular flexibility index (Phi) is 2.11. The van der Waals surface area contributed by atoms with Crippen molar-refractivity contribution in [1.29, 1.82) is 5.26 Å². The molecule has 0 radical (unpaired) electrons. The molecule has 0 unspecified atom stereocenters. The van der Waals surface area contributed by atoms with Gasteiger partial charge in [0.2, 0.25) is 0 Å². The Labute approximate surface area is 79.3 Å². The van der Waals surface area contributed by atoms with Gasteiger partial charge in [-0.05, 0) is 27.7 Å². The molecule has 72 valence electrons. The Morgan fingerprint density at radius 1 is 1.23 bits per heavy atom. The lowest BCUT2D eigenvalue weighted by Gasteiger charge is -2.48. The van der Waals surface area contributed by atoms with Crippen LogP contribution in [0.4, 0.5) is 0 Å². The third-order valence-corrected chi connectivity index (χ3v) is 2.57. The summed E-state index contributed by atoms with van der Waals surface area (Å²) in [6.07, 6.45) is 3.14. The highest BCUT2D eigenvalue weighted by Gasteiger charge is 2.44. The lowest BCUT2D eigenvalue weighted by molar-refractivity contribution is -0.129. The molecule has 1 aliphatic rings. The topological polar surface area (TPSA) is 44.1 Å². The fraction of sp³-hybridized carbons (Fsp3) is 0.800. The van der Waals surface area contributed by atoms with E-state index in [1.807, 2.05) is 27.7 Å². The molecule has 1 saturated heterocycles. The Hall–Kier alpha value is -1.04. The summed E-state index contributed by atoms with van der Waals surface area (Å²) in [5.41, 5.74) is -0.652. The number of carbonyl (C=O) groups excluding carboxylic acids is 1. The van der Waals surface area contributed by atoms with Gasteiger partial charge in [0.05, 0.1) is 11.1 Å². The van der Waals surface area contributed by atoms with Crippen LogP contribution in [-0.2, 0) is 4.79 Å². The lowest BCUT2D eigenvalue weighted by Crippen LogP contribution is -2.58. The zero-order chi connectivity index (χ0) is 10.3. The second-order valence-electron chi connectivity index (χ2n) is 4.95. The minimum absolute atomic E-state index is 0.251. The van der Waals surface area contributed by atoms with Crippen molar-refractivity contribution >= 4 is 5.78 Å². The molecule has 0 N–H and O–H groups in total. The van der Waals surface area contributed by atoms with E-state index in [1.54, 1.807) is 4.90 Å². The highest BCUT2D eigenvalue weighted by Crippen LogP contribution is 2.35. The first-order valence-electron chi connectivity index (χ1n) is 4.51. The van der Waals surface area contributed by atoms with Gasteiger partial charge in [-0.15, -0.1) is 0 Å². The Balaban J connectivity index is 3.03. The fourth-order valence-electron chi connectivity index (χ4n) is 2.28. The molecular formula is C10H16N2O. The van der Waals surface area contributed by atoms with Crippen LogP contribution in [0.2, 0.25) is 0 Å². The van der Waals surface area contributed by atoms with Crippen LogP contribution in [0.1, 0.15) is 40.5 Å². The first-order valence-corrected chi connectivity index (χ1v) is 4.51. The molecule has 3 nitrogen and oxygen atoms in total. The van der Waals surface area contributed by atoms with Gasteiger partial charge in [-0.1, -0.05) is 0 Å².